The van der Waals surface area contributed by atoms with Gasteiger partial charge in [0.2, 0.25) is 0 Å². The second-order valence-corrected chi connectivity index (χ2v) is 4.83. The number of rotatable bonds is 2. The fourth-order valence-corrected chi connectivity index (χ4v) is 2.39. The fourth-order valence-electron chi connectivity index (χ4n) is 2.39. The standard InChI is InChI=1S/C14H13FN2O4/c15-9-2-1-3-10-8(9)6-11(16-10)13(18)17-4-5-21-12(7-17)14(19)20/h1-3,6,12,16H,4-5,7H2,(H,19,20)/t12-/m1/s1. The van der Waals surface area contributed by atoms with Gasteiger partial charge in [-0.05, 0) is 18.2 Å². The van der Waals surface area contributed by atoms with Crippen molar-refractivity contribution in [2.24, 2.45) is 0 Å². The quantitative estimate of drug-likeness (QED) is 0.872. The van der Waals surface area contributed by atoms with Crippen LogP contribution in [-0.2, 0) is 9.53 Å². The summed E-state index contributed by atoms with van der Waals surface area (Å²) in [5, 5.41) is 9.28. The Morgan fingerprint density at radius 1 is 1.43 bits per heavy atom. The molecule has 1 fully saturated rings. The fraction of sp³-hybridized carbons (Fsp3) is 0.286. The van der Waals surface area contributed by atoms with Gasteiger partial charge in [-0.1, -0.05) is 6.07 Å². The van der Waals surface area contributed by atoms with Crippen LogP contribution < -0.4 is 0 Å². The summed E-state index contributed by atoms with van der Waals surface area (Å²) in [6, 6.07) is 5.99. The summed E-state index contributed by atoms with van der Waals surface area (Å²) in [5.74, 6) is -1.87. The van der Waals surface area contributed by atoms with Crippen LogP contribution in [0.1, 0.15) is 10.5 Å². The van der Waals surface area contributed by atoms with E-state index in [1.165, 1.54) is 17.0 Å². The lowest BCUT2D eigenvalue weighted by atomic mass is 10.2. The summed E-state index contributed by atoms with van der Waals surface area (Å²) >= 11 is 0. The van der Waals surface area contributed by atoms with Gasteiger partial charge in [-0.2, -0.15) is 0 Å². The molecule has 3 rings (SSSR count). The third-order valence-corrected chi connectivity index (χ3v) is 3.47. The third kappa shape index (κ3) is 2.47. The van der Waals surface area contributed by atoms with Crippen LogP contribution >= 0.6 is 0 Å². The van der Waals surface area contributed by atoms with Crippen molar-refractivity contribution >= 4 is 22.8 Å². The zero-order valence-corrected chi connectivity index (χ0v) is 11.0. The van der Waals surface area contributed by atoms with Crippen molar-refractivity contribution in [3.63, 3.8) is 0 Å². The van der Waals surface area contributed by atoms with Crippen LogP contribution in [0, 0.1) is 5.82 Å². The summed E-state index contributed by atoms with van der Waals surface area (Å²) in [6.07, 6.45) is -1.02. The van der Waals surface area contributed by atoms with Gasteiger partial charge in [0.05, 0.1) is 13.2 Å². The van der Waals surface area contributed by atoms with Crippen LogP contribution in [0.5, 0.6) is 0 Å². The molecule has 6 nitrogen and oxygen atoms in total. The van der Waals surface area contributed by atoms with Gasteiger partial charge in [0.1, 0.15) is 11.5 Å². The van der Waals surface area contributed by atoms with Gasteiger partial charge < -0.3 is 19.7 Å². The van der Waals surface area contributed by atoms with E-state index in [1.807, 2.05) is 0 Å². The first-order chi connectivity index (χ1) is 10.1. The maximum atomic E-state index is 13.6. The molecule has 7 heteroatoms. The number of aromatic amines is 1. The van der Waals surface area contributed by atoms with Crippen LogP contribution in [0.4, 0.5) is 4.39 Å². The van der Waals surface area contributed by atoms with E-state index in [9.17, 15) is 14.0 Å². The van der Waals surface area contributed by atoms with Crippen molar-refractivity contribution in [1.29, 1.82) is 0 Å². The number of halogens is 1. The predicted octanol–water partition coefficient (Wildman–Crippen LogP) is 1.23. The Bertz CT molecular complexity index is 712. The van der Waals surface area contributed by atoms with Crippen LogP contribution in [0.15, 0.2) is 24.3 Å². The Labute approximate surface area is 119 Å². The van der Waals surface area contributed by atoms with Crippen LogP contribution in [0.3, 0.4) is 0 Å². The van der Waals surface area contributed by atoms with Crippen molar-refractivity contribution in [3.8, 4) is 0 Å². The minimum Gasteiger partial charge on any atom is -0.479 e. The Morgan fingerprint density at radius 3 is 2.95 bits per heavy atom. The molecule has 1 aliphatic heterocycles. The minimum absolute atomic E-state index is 0.0218. The summed E-state index contributed by atoms with van der Waals surface area (Å²) < 4.78 is 18.7. The number of hydrogen-bond acceptors (Lipinski definition) is 3. The summed E-state index contributed by atoms with van der Waals surface area (Å²) in [4.78, 5) is 27.5. The molecular weight excluding hydrogens is 279 g/mol. The molecule has 1 aromatic carbocycles. The molecule has 21 heavy (non-hydrogen) atoms. The van der Waals surface area contributed by atoms with Gasteiger partial charge in [0.25, 0.3) is 5.91 Å². The number of nitrogens with zero attached hydrogens (tertiary/aromatic N) is 1. The molecule has 0 radical (unpaired) electrons. The van der Waals surface area contributed by atoms with Crippen molar-refractivity contribution in [2.45, 2.75) is 6.10 Å². The molecule has 0 aliphatic carbocycles. The third-order valence-electron chi connectivity index (χ3n) is 3.47. The molecule has 0 saturated carbocycles. The first kappa shape index (κ1) is 13.6. The number of nitrogens with one attached hydrogen (secondary N) is 1. The highest BCUT2D eigenvalue weighted by Crippen LogP contribution is 2.20. The topological polar surface area (TPSA) is 82.6 Å². The van der Waals surface area contributed by atoms with Gasteiger partial charge in [0, 0.05) is 17.4 Å². The summed E-state index contributed by atoms with van der Waals surface area (Å²) in [7, 11) is 0. The van der Waals surface area contributed by atoms with E-state index in [-0.39, 0.29) is 24.8 Å². The van der Waals surface area contributed by atoms with Crippen molar-refractivity contribution in [1.82, 2.24) is 9.88 Å². The number of carboxylic acids is 1. The number of carbonyl (C=O) groups is 2. The molecule has 1 aliphatic rings. The lowest BCUT2D eigenvalue weighted by Crippen LogP contribution is -2.48. The Kier molecular flexibility index (Phi) is 3.34. The van der Waals surface area contributed by atoms with Crippen LogP contribution in [0.2, 0.25) is 0 Å². The molecule has 0 spiro atoms. The monoisotopic (exact) mass is 292 g/mol. The lowest BCUT2D eigenvalue weighted by Gasteiger charge is -2.30. The molecule has 2 aromatic rings. The maximum absolute atomic E-state index is 13.6. The first-order valence-corrected chi connectivity index (χ1v) is 6.47. The minimum atomic E-state index is -1.10. The zero-order chi connectivity index (χ0) is 15.0. The van der Waals surface area contributed by atoms with E-state index in [0.29, 0.717) is 17.4 Å². The molecular formula is C14H13FN2O4. The predicted molar refractivity (Wildman–Crippen MR) is 71.5 cm³/mol. The second-order valence-electron chi connectivity index (χ2n) is 4.83. The normalized spacial score (nSPS) is 18.9. The lowest BCUT2D eigenvalue weighted by molar-refractivity contribution is -0.154. The Morgan fingerprint density at radius 2 is 2.24 bits per heavy atom. The highest BCUT2D eigenvalue weighted by atomic mass is 19.1. The molecule has 2 N–H and O–H groups in total. The highest BCUT2D eigenvalue weighted by molar-refractivity contribution is 5.98. The Balaban J connectivity index is 1.86. The number of fused-ring (bicyclic) bond motifs is 1. The average molecular weight is 292 g/mol. The number of H-pyrrole nitrogens is 1. The van der Waals surface area contributed by atoms with E-state index in [2.05, 4.69) is 4.98 Å². The number of hydrogen-bond donors (Lipinski definition) is 2. The van der Waals surface area contributed by atoms with Crippen molar-refractivity contribution < 1.29 is 23.8 Å². The number of amides is 1. The number of carbonyl (C=O) groups excluding carboxylic acids is 1. The van der Waals surface area contributed by atoms with Crippen LogP contribution in [-0.4, -0.2) is 52.7 Å². The summed E-state index contributed by atoms with van der Waals surface area (Å²) in [5.41, 5.74) is 0.766. The van der Waals surface area contributed by atoms with Gasteiger partial charge in [0.15, 0.2) is 6.10 Å². The zero-order valence-electron chi connectivity index (χ0n) is 11.0. The SMILES string of the molecule is O=C(O)[C@H]1CN(C(=O)c2cc3c(F)cccc3[nH]2)CCO1. The largest absolute Gasteiger partial charge is 0.479 e. The number of benzene rings is 1. The smallest absolute Gasteiger partial charge is 0.334 e. The molecule has 1 saturated heterocycles. The van der Waals surface area contributed by atoms with Gasteiger partial charge in [-0.25, -0.2) is 9.18 Å². The van der Waals surface area contributed by atoms with E-state index >= 15 is 0 Å². The maximum Gasteiger partial charge on any atom is 0.334 e. The molecule has 1 aromatic heterocycles. The molecule has 2 heterocycles. The second kappa shape index (κ2) is 5.17. The Hall–Kier alpha value is -2.41. The number of morpholine rings is 1. The number of ether oxygens (including phenoxy) is 1. The van der Waals surface area contributed by atoms with Gasteiger partial charge >= 0.3 is 5.97 Å². The van der Waals surface area contributed by atoms with Gasteiger partial charge in [-0.3, -0.25) is 4.79 Å². The summed E-state index contributed by atoms with van der Waals surface area (Å²) in [6.45, 7) is 0.448. The first-order valence-electron chi connectivity index (χ1n) is 6.47. The van der Waals surface area contributed by atoms with E-state index < -0.39 is 17.9 Å². The molecule has 1 atom stereocenters. The molecule has 0 bridgehead atoms. The number of aromatic nitrogens is 1. The highest BCUT2D eigenvalue weighted by Gasteiger charge is 2.30. The van der Waals surface area contributed by atoms with E-state index in [1.54, 1.807) is 12.1 Å². The molecule has 1 amide bonds. The van der Waals surface area contributed by atoms with E-state index in [0.717, 1.165) is 0 Å². The van der Waals surface area contributed by atoms with E-state index in [4.69, 9.17) is 9.84 Å². The molecule has 0 unspecified atom stereocenters. The molecule has 110 valence electrons. The van der Waals surface area contributed by atoms with Gasteiger partial charge in [-0.15, -0.1) is 0 Å². The average Bonchev–Trinajstić information content (AvgIpc) is 2.92. The number of aliphatic carboxylic acids is 1. The van der Waals surface area contributed by atoms with Crippen molar-refractivity contribution in [3.05, 3.63) is 35.8 Å². The van der Waals surface area contributed by atoms with Crippen LogP contribution in [0.25, 0.3) is 10.9 Å². The van der Waals surface area contributed by atoms with Crippen molar-refractivity contribution in [2.75, 3.05) is 19.7 Å². The number of carboxylic acid groups (broad SMARTS) is 1.